The minimum absolute atomic E-state index is 0.0346. The van der Waals surface area contributed by atoms with Crippen LogP contribution in [0, 0.1) is 0 Å². The number of guanidine groups is 2. The molecule has 0 saturated carbocycles. The van der Waals surface area contributed by atoms with Crippen LogP contribution in [0.3, 0.4) is 0 Å². The van der Waals surface area contributed by atoms with Gasteiger partial charge in [-0.1, -0.05) is 0 Å². The zero-order valence-electron chi connectivity index (χ0n) is 7.64. The summed E-state index contributed by atoms with van der Waals surface area (Å²) in [4.78, 5) is 17.4. The molecule has 0 radical (unpaired) electrons. The second-order valence-corrected chi connectivity index (χ2v) is 2.30. The van der Waals surface area contributed by atoms with Crippen molar-refractivity contribution >= 4 is 17.8 Å². The van der Waals surface area contributed by atoms with Crippen molar-refractivity contribution in [3.8, 4) is 0 Å². The minimum atomic E-state index is -0.536. The molecule has 0 saturated heterocycles. The fraction of sp³-hybridized carbons (Fsp3) is 0.500. The first-order valence-electron chi connectivity index (χ1n) is 3.78. The summed E-state index contributed by atoms with van der Waals surface area (Å²) in [5, 5.41) is 0. The fourth-order valence-corrected chi connectivity index (χ4v) is 0.565. The molecule has 0 fully saturated rings. The van der Waals surface area contributed by atoms with Crippen LogP contribution in [0.2, 0.25) is 0 Å². The lowest BCUT2D eigenvalue weighted by molar-refractivity contribution is -0.122. The van der Waals surface area contributed by atoms with E-state index in [9.17, 15) is 4.79 Å². The molecule has 1 amide bonds. The van der Waals surface area contributed by atoms with E-state index in [1.807, 2.05) is 0 Å². The molecule has 0 aromatic rings. The van der Waals surface area contributed by atoms with Gasteiger partial charge in [0.1, 0.15) is 6.61 Å². The van der Waals surface area contributed by atoms with Gasteiger partial charge in [0, 0.05) is 0 Å². The quantitative estimate of drug-likeness (QED) is 0.213. The lowest BCUT2D eigenvalue weighted by Crippen LogP contribution is -2.26. The molecule has 0 spiro atoms. The molecule has 0 unspecified atom stereocenters. The summed E-state index contributed by atoms with van der Waals surface area (Å²) in [5.74, 6) is -0.733. The lowest BCUT2D eigenvalue weighted by atomic mass is 10.6. The molecule has 0 aliphatic rings. The molecule has 80 valence electrons. The summed E-state index contributed by atoms with van der Waals surface area (Å²) in [6.45, 7) is 0.344. The van der Waals surface area contributed by atoms with Gasteiger partial charge in [0.25, 0.3) is 0 Å². The molecule has 0 aliphatic carbocycles. The van der Waals surface area contributed by atoms with Gasteiger partial charge < -0.3 is 27.7 Å². The Labute approximate surface area is 81.0 Å². The molecule has 8 N–H and O–H groups in total. The van der Waals surface area contributed by atoms with Gasteiger partial charge in [-0.25, -0.2) is 4.99 Å². The van der Waals surface area contributed by atoms with Crippen molar-refractivity contribution in [2.24, 2.45) is 32.9 Å². The van der Waals surface area contributed by atoms with Gasteiger partial charge in [0.05, 0.1) is 13.2 Å². The monoisotopic (exact) mass is 202 g/mol. The summed E-state index contributed by atoms with van der Waals surface area (Å²) in [6.07, 6.45) is 0. The molecule has 14 heavy (non-hydrogen) atoms. The first kappa shape index (κ1) is 12.2. The Morgan fingerprint density at radius 1 is 1.21 bits per heavy atom. The average molecular weight is 202 g/mol. The first-order chi connectivity index (χ1) is 6.52. The Morgan fingerprint density at radius 2 is 1.86 bits per heavy atom. The van der Waals surface area contributed by atoms with Crippen LogP contribution >= 0.6 is 0 Å². The highest BCUT2D eigenvalue weighted by Gasteiger charge is 1.93. The SMILES string of the molecule is NC(=O)COCCN=C(N)N=C(N)N. The largest absolute Gasteiger partial charge is 0.370 e. The van der Waals surface area contributed by atoms with Gasteiger partial charge in [-0.3, -0.25) is 4.79 Å². The van der Waals surface area contributed by atoms with Crippen LogP contribution in [0.4, 0.5) is 0 Å². The number of primary amides is 1. The summed E-state index contributed by atoms with van der Waals surface area (Å²) in [7, 11) is 0. The van der Waals surface area contributed by atoms with Crippen molar-refractivity contribution in [2.75, 3.05) is 19.8 Å². The molecule has 0 heterocycles. The van der Waals surface area contributed by atoms with E-state index in [0.29, 0.717) is 0 Å². The highest BCUT2D eigenvalue weighted by Crippen LogP contribution is 1.78. The molecule has 0 bridgehead atoms. The van der Waals surface area contributed by atoms with E-state index in [1.165, 1.54) is 0 Å². The molecular formula is C6H14N6O2. The normalized spacial score (nSPS) is 11.0. The van der Waals surface area contributed by atoms with Crippen molar-refractivity contribution in [3.05, 3.63) is 0 Å². The maximum absolute atomic E-state index is 10.2. The number of carbonyl (C=O) groups is 1. The van der Waals surface area contributed by atoms with Crippen molar-refractivity contribution in [1.29, 1.82) is 0 Å². The van der Waals surface area contributed by atoms with Gasteiger partial charge in [0.15, 0.2) is 5.96 Å². The van der Waals surface area contributed by atoms with E-state index in [1.54, 1.807) is 0 Å². The Balaban J connectivity index is 3.61. The molecule has 8 nitrogen and oxygen atoms in total. The van der Waals surface area contributed by atoms with Crippen LogP contribution in [-0.2, 0) is 9.53 Å². The number of nitrogens with two attached hydrogens (primary N) is 4. The number of aliphatic imine (C=N–C) groups is 2. The third-order valence-electron chi connectivity index (χ3n) is 0.997. The fourth-order valence-electron chi connectivity index (χ4n) is 0.565. The zero-order valence-corrected chi connectivity index (χ0v) is 7.64. The molecule has 0 atom stereocenters. The van der Waals surface area contributed by atoms with Crippen LogP contribution in [0.15, 0.2) is 9.98 Å². The molecule has 0 aromatic heterocycles. The van der Waals surface area contributed by atoms with Crippen molar-refractivity contribution < 1.29 is 9.53 Å². The Hall–Kier alpha value is -1.83. The Kier molecular flexibility index (Phi) is 5.79. The van der Waals surface area contributed by atoms with Gasteiger partial charge >= 0.3 is 0 Å². The number of nitrogens with zero attached hydrogens (tertiary/aromatic N) is 2. The van der Waals surface area contributed by atoms with Crippen molar-refractivity contribution in [3.63, 3.8) is 0 Å². The number of hydrogen-bond acceptors (Lipinski definition) is 3. The molecular weight excluding hydrogens is 188 g/mol. The second-order valence-electron chi connectivity index (χ2n) is 2.30. The van der Waals surface area contributed by atoms with Crippen LogP contribution in [0.5, 0.6) is 0 Å². The number of amides is 1. The molecule has 0 aliphatic heterocycles. The summed E-state index contributed by atoms with van der Waals surface area (Å²) in [6, 6.07) is 0. The number of ether oxygens (including phenoxy) is 1. The third kappa shape index (κ3) is 8.27. The third-order valence-corrected chi connectivity index (χ3v) is 0.997. The maximum atomic E-state index is 10.2. The predicted octanol–water partition coefficient (Wildman–Crippen LogP) is -2.92. The number of carbonyl (C=O) groups excluding carboxylic acids is 1. The smallest absolute Gasteiger partial charge is 0.243 e. The minimum Gasteiger partial charge on any atom is -0.370 e. The van der Waals surface area contributed by atoms with E-state index >= 15 is 0 Å². The number of rotatable bonds is 5. The van der Waals surface area contributed by atoms with E-state index in [-0.39, 0.29) is 31.7 Å². The summed E-state index contributed by atoms with van der Waals surface area (Å²) >= 11 is 0. The van der Waals surface area contributed by atoms with Crippen molar-refractivity contribution in [1.82, 2.24) is 0 Å². The van der Waals surface area contributed by atoms with Crippen LogP contribution in [0.1, 0.15) is 0 Å². The van der Waals surface area contributed by atoms with Crippen LogP contribution in [0.25, 0.3) is 0 Å². The Bertz CT molecular complexity index is 245. The predicted molar refractivity (Wildman–Crippen MR) is 52.3 cm³/mol. The molecule has 8 heteroatoms. The van der Waals surface area contributed by atoms with E-state index < -0.39 is 5.91 Å². The highest BCUT2D eigenvalue weighted by atomic mass is 16.5. The van der Waals surface area contributed by atoms with Crippen molar-refractivity contribution in [2.45, 2.75) is 0 Å². The first-order valence-corrected chi connectivity index (χ1v) is 3.78. The van der Waals surface area contributed by atoms with Gasteiger partial charge in [-0.15, -0.1) is 0 Å². The maximum Gasteiger partial charge on any atom is 0.243 e. The molecule has 0 aromatic carbocycles. The topological polar surface area (TPSA) is 155 Å². The highest BCUT2D eigenvalue weighted by molar-refractivity contribution is 5.92. The van der Waals surface area contributed by atoms with E-state index in [2.05, 4.69) is 9.98 Å². The van der Waals surface area contributed by atoms with E-state index in [0.717, 1.165) is 0 Å². The molecule has 0 rings (SSSR count). The Morgan fingerprint density at radius 3 is 2.36 bits per heavy atom. The second kappa shape index (κ2) is 6.66. The van der Waals surface area contributed by atoms with Crippen LogP contribution < -0.4 is 22.9 Å². The standard InChI is InChI=1S/C6H14N6O2/c7-4(13)3-14-2-1-11-6(10)12-5(8)9/h1-3H2,(H2,7,13)(H6,8,9,10,11,12). The van der Waals surface area contributed by atoms with E-state index in [4.69, 9.17) is 27.7 Å². The summed E-state index contributed by atoms with van der Waals surface area (Å²) < 4.78 is 4.80. The van der Waals surface area contributed by atoms with Gasteiger partial charge in [-0.2, -0.15) is 4.99 Å². The summed E-state index contributed by atoms with van der Waals surface area (Å²) in [5.41, 5.74) is 20.2. The van der Waals surface area contributed by atoms with Gasteiger partial charge in [0.2, 0.25) is 11.9 Å². The zero-order chi connectivity index (χ0) is 11.0. The number of hydrogen-bond donors (Lipinski definition) is 4. The van der Waals surface area contributed by atoms with Crippen LogP contribution in [-0.4, -0.2) is 37.6 Å². The van der Waals surface area contributed by atoms with Gasteiger partial charge in [-0.05, 0) is 0 Å². The average Bonchev–Trinajstić information content (AvgIpc) is 2.01. The lowest BCUT2D eigenvalue weighted by Gasteiger charge is -1.98.